The van der Waals surface area contributed by atoms with E-state index in [1.54, 1.807) is 12.6 Å². The number of nitrogens with one attached hydrogen (secondary N) is 1. The number of carbonyl (C=O) groups excluding carboxylic acids is 1. The number of carbonyl (C=O) groups is 1. The second-order valence-electron chi connectivity index (χ2n) is 6.08. The van der Waals surface area contributed by atoms with Gasteiger partial charge in [-0.2, -0.15) is 0 Å². The molecule has 1 saturated carbocycles. The maximum absolute atomic E-state index is 12.7. The first-order chi connectivity index (χ1) is 12.3. The molecule has 1 amide bonds. The zero-order chi connectivity index (χ0) is 17.2. The van der Waals surface area contributed by atoms with E-state index in [1.807, 2.05) is 54.6 Å². The SMILES string of the molecule is COc1ccccc1[C@H]1C[C@H]1C(=O)Nc1scnc1-c1ccccc1. The molecule has 1 aromatic heterocycles. The fourth-order valence-corrected chi connectivity index (χ4v) is 3.85. The van der Waals surface area contributed by atoms with E-state index in [1.165, 1.54) is 11.3 Å². The fraction of sp³-hybridized carbons (Fsp3) is 0.200. The lowest BCUT2D eigenvalue weighted by Crippen LogP contribution is -2.14. The summed E-state index contributed by atoms with van der Waals surface area (Å²) in [6.07, 6.45) is 0.853. The van der Waals surface area contributed by atoms with Gasteiger partial charge in [-0.3, -0.25) is 4.79 Å². The maximum Gasteiger partial charge on any atom is 0.228 e. The van der Waals surface area contributed by atoms with Crippen molar-refractivity contribution in [3.8, 4) is 17.0 Å². The lowest BCUT2D eigenvalue weighted by atomic mass is 10.1. The summed E-state index contributed by atoms with van der Waals surface area (Å²) in [5, 5.41) is 3.87. The van der Waals surface area contributed by atoms with Gasteiger partial charge in [-0.1, -0.05) is 48.5 Å². The van der Waals surface area contributed by atoms with Gasteiger partial charge in [-0.25, -0.2) is 4.98 Å². The maximum atomic E-state index is 12.7. The van der Waals surface area contributed by atoms with Crippen molar-refractivity contribution in [2.45, 2.75) is 12.3 Å². The molecule has 5 heteroatoms. The third kappa shape index (κ3) is 3.15. The molecule has 0 saturated heterocycles. The molecule has 25 heavy (non-hydrogen) atoms. The Labute approximate surface area is 150 Å². The van der Waals surface area contributed by atoms with Crippen LogP contribution >= 0.6 is 11.3 Å². The van der Waals surface area contributed by atoms with Crippen molar-refractivity contribution < 1.29 is 9.53 Å². The molecule has 0 aliphatic heterocycles. The molecule has 0 unspecified atom stereocenters. The van der Waals surface area contributed by atoms with Crippen LogP contribution in [0.4, 0.5) is 5.00 Å². The Morgan fingerprint density at radius 3 is 2.72 bits per heavy atom. The van der Waals surface area contributed by atoms with E-state index in [0.29, 0.717) is 0 Å². The lowest BCUT2D eigenvalue weighted by Gasteiger charge is -2.08. The Hall–Kier alpha value is -2.66. The number of thiazole rings is 1. The van der Waals surface area contributed by atoms with Crippen LogP contribution in [0, 0.1) is 5.92 Å². The minimum absolute atomic E-state index is 0.0120. The molecule has 1 fully saturated rings. The summed E-state index contributed by atoms with van der Waals surface area (Å²) >= 11 is 1.45. The summed E-state index contributed by atoms with van der Waals surface area (Å²) in [6.45, 7) is 0. The van der Waals surface area contributed by atoms with Crippen molar-refractivity contribution in [2.75, 3.05) is 12.4 Å². The van der Waals surface area contributed by atoms with E-state index in [-0.39, 0.29) is 17.7 Å². The third-order valence-electron chi connectivity index (χ3n) is 4.52. The Bertz CT molecular complexity index is 891. The van der Waals surface area contributed by atoms with E-state index in [2.05, 4.69) is 10.3 Å². The molecule has 0 radical (unpaired) electrons. The predicted molar refractivity (Wildman–Crippen MR) is 100 cm³/mol. The molecule has 2 aromatic carbocycles. The van der Waals surface area contributed by atoms with E-state index in [9.17, 15) is 4.79 Å². The second-order valence-corrected chi connectivity index (χ2v) is 6.93. The van der Waals surface area contributed by atoms with E-state index >= 15 is 0 Å². The topological polar surface area (TPSA) is 51.2 Å². The van der Waals surface area contributed by atoms with E-state index in [4.69, 9.17) is 4.74 Å². The molecule has 1 N–H and O–H groups in total. The van der Waals surface area contributed by atoms with Gasteiger partial charge in [0, 0.05) is 11.5 Å². The number of rotatable bonds is 5. The van der Waals surface area contributed by atoms with Gasteiger partial charge in [-0.05, 0) is 24.0 Å². The highest BCUT2D eigenvalue weighted by atomic mass is 32.1. The van der Waals surface area contributed by atoms with Crippen LogP contribution in [0.2, 0.25) is 0 Å². The molecule has 4 rings (SSSR count). The minimum atomic E-state index is -0.0120. The van der Waals surface area contributed by atoms with Crippen molar-refractivity contribution in [3.63, 3.8) is 0 Å². The van der Waals surface area contributed by atoms with E-state index < -0.39 is 0 Å². The fourth-order valence-electron chi connectivity index (χ4n) is 3.14. The summed E-state index contributed by atoms with van der Waals surface area (Å²) in [5.74, 6) is 1.12. The third-order valence-corrected chi connectivity index (χ3v) is 5.26. The number of hydrogen-bond donors (Lipinski definition) is 1. The Morgan fingerprint density at radius 2 is 1.92 bits per heavy atom. The first kappa shape index (κ1) is 15.8. The van der Waals surface area contributed by atoms with Crippen molar-refractivity contribution in [2.24, 2.45) is 5.92 Å². The molecule has 1 aliphatic carbocycles. The smallest absolute Gasteiger partial charge is 0.228 e. The predicted octanol–water partition coefficient (Wildman–Crippen LogP) is 4.56. The van der Waals surface area contributed by atoms with Gasteiger partial charge in [0.1, 0.15) is 16.4 Å². The van der Waals surface area contributed by atoms with Crippen LogP contribution in [0.25, 0.3) is 11.3 Å². The summed E-state index contributed by atoms with van der Waals surface area (Å²) in [4.78, 5) is 17.1. The monoisotopic (exact) mass is 350 g/mol. The van der Waals surface area contributed by atoms with Crippen LogP contribution < -0.4 is 10.1 Å². The molecule has 0 bridgehead atoms. The summed E-state index contributed by atoms with van der Waals surface area (Å²) < 4.78 is 5.42. The number of hydrogen-bond acceptors (Lipinski definition) is 4. The quantitative estimate of drug-likeness (QED) is 0.734. The Kier molecular flexibility index (Phi) is 4.24. The van der Waals surface area contributed by atoms with Gasteiger partial charge >= 0.3 is 0 Å². The van der Waals surface area contributed by atoms with Gasteiger partial charge in [-0.15, -0.1) is 11.3 Å². The Balaban J connectivity index is 1.49. The standard InChI is InChI=1S/C20H18N2O2S/c1-24-17-10-6-5-9-14(17)15-11-16(15)19(23)22-20-18(21-12-25-20)13-7-3-2-4-8-13/h2-10,12,15-16H,11H2,1H3,(H,22,23)/t15-,16-/m1/s1. The van der Waals surface area contributed by atoms with Gasteiger partial charge in [0.25, 0.3) is 0 Å². The molecular weight excluding hydrogens is 332 g/mol. The number of para-hydroxylation sites is 1. The zero-order valence-electron chi connectivity index (χ0n) is 13.8. The van der Waals surface area contributed by atoms with Gasteiger partial charge in [0.15, 0.2) is 0 Å². The number of ether oxygens (including phenoxy) is 1. The zero-order valence-corrected chi connectivity index (χ0v) is 14.6. The van der Waals surface area contributed by atoms with E-state index in [0.717, 1.165) is 34.0 Å². The highest BCUT2D eigenvalue weighted by molar-refractivity contribution is 7.14. The number of amides is 1. The largest absolute Gasteiger partial charge is 0.496 e. The molecule has 4 nitrogen and oxygen atoms in total. The molecular formula is C20H18N2O2S. The van der Waals surface area contributed by atoms with Crippen LogP contribution in [0.15, 0.2) is 60.1 Å². The van der Waals surface area contributed by atoms with Crippen molar-refractivity contribution in [1.29, 1.82) is 0 Å². The van der Waals surface area contributed by atoms with Gasteiger partial charge in [0.05, 0.1) is 12.6 Å². The van der Waals surface area contributed by atoms with Crippen LogP contribution in [-0.2, 0) is 4.79 Å². The second kappa shape index (κ2) is 6.69. The summed E-state index contributed by atoms with van der Waals surface area (Å²) in [5.41, 5.74) is 4.71. The van der Waals surface area contributed by atoms with Crippen LogP contribution in [0.3, 0.4) is 0 Å². The van der Waals surface area contributed by atoms with Crippen LogP contribution in [0.5, 0.6) is 5.75 Å². The number of benzene rings is 2. The highest BCUT2D eigenvalue weighted by Crippen LogP contribution is 2.51. The number of anilines is 1. The molecule has 0 spiro atoms. The van der Waals surface area contributed by atoms with Gasteiger partial charge < -0.3 is 10.1 Å². The van der Waals surface area contributed by atoms with Crippen molar-refractivity contribution in [3.05, 3.63) is 65.7 Å². The number of aromatic nitrogens is 1. The molecule has 1 aliphatic rings. The molecule has 126 valence electrons. The Morgan fingerprint density at radius 1 is 1.16 bits per heavy atom. The first-order valence-electron chi connectivity index (χ1n) is 8.20. The van der Waals surface area contributed by atoms with Crippen LogP contribution in [0.1, 0.15) is 17.9 Å². The first-order valence-corrected chi connectivity index (χ1v) is 9.08. The van der Waals surface area contributed by atoms with Crippen molar-refractivity contribution in [1.82, 2.24) is 4.98 Å². The summed E-state index contributed by atoms with van der Waals surface area (Å²) in [7, 11) is 1.67. The molecule has 2 atom stereocenters. The highest BCUT2D eigenvalue weighted by Gasteiger charge is 2.45. The molecule has 3 aromatic rings. The van der Waals surface area contributed by atoms with Crippen LogP contribution in [-0.4, -0.2) is 18.0 Å². The minimum Gasteiger partial charge on any atom is -0.496 e. The average molecular weight is 350 g/mol. The lowest BCUT2D eigenvalue weighted by molar-refractivity contribution is -0.117. The molecule has 1 heterocycles. The number of methoxy groups -OCH3 is 1. The van der Waals surface area contributed by atoms with Gasteiger partial charge in [0.2, 0.25) is 5.91 Å². The van der Waals surface area contributed by atoms with Crippen molar-refractivity contribution >= 4 is 22.2 Å². The average Bonchev–Trinajstić information content (AvgIpc) is 3.34. The summed E-state index contributed by atoms with van der Waals surface area (Å²) in [6, 6.07) is 17.8. The number of nitrogens with zero attached hydrogens (tertiary/aromatic N) is 1. The normalized spacial score (nSPS) is 18.6.